The van der Waals surface area contributed by atoms with Crippen LogP contribution in [0.2, 0.25) is 0 Å². The highest BCUT2D eigenvalue weighted by molar-refractivity contribution is 6.39. The van der Waals surface area contributed by atoms with E-state index < -0.39 is 16.7 Å². The Kier molecular flexibility index (Phi) is 5.35. The minimum absolute atomic E-state index is 0.100. The monoisotopic (exact) mass is 368 g/mol. The van der Waals surface area contributed by atoms with Gasteiger partial charge in [-0.1, -0.05) is 24.3 Å². The molecule has 1 fully saturated rings. The first-order valence-electron chi connectivity index (χ1n) is 8.61. The lowest BCUT2D eigenvalue weighted by molar-refractivity contribution is -0.385. The molecule has 2 aromatic carbocycles. The highest BCUT2D eigenvalue weighted by atomic mass is 16.6. The molecule has 1 N–H and O–H groups in total. The van der Waals surface area contributed by atoms with Gasteiger partial charge >= 0.3 is 11.8 Å². The number of nitrogens with zero attached hydrogens (tertiary/aromatic N) is 3. The van der Waals surface area contributed by atoms with Crippen molar-refractivity contribution in [2.45, 2.75) is 6.92 Å². The molecule has 27 heavy (non-hydrogen) atoms. The van der Waals surface area contributed by atoms with Crippen LogP contribution in [-0.2, 0) is 9.59 Å². The van der Waals surface area contributed by atoms with Crippen molar-refractivity contribution in [1.82, 2.24) is 4.90 Å². The lowest BCUT2D eigenvalue weighted by atomic mass is 10.2. The Labute approximate surface area is 156 Å². The molecule has 1 aliphatic rings. The van der Waals surface area contributed by atoms with Gasteiger partial charge in [0, 0.05) is 49.2 Å². The van der Waals surface area contributed by atoms with E-state index in [-0.39, 0.29) is 11.4 Å². The van der Waals surface area contributed by atoms with Crippen LogP contribution in [0.4, 0.5) is 17.1 Å². The largest absolute Gasteiger partial charge is 0.368 e. The summed E-state index contributed by atoms with van der Waals surface area (Å²) >= 11 is 0. The number of aryl methyl sites for hydroxylation is 1. The first kappa shape index (κ1) is 18.4. The van der Waals surface area contributed by atoms with E-state index in [2.05, 4.69) is 10.2 Å². The Bertz CT molecular complexity index is 861. The van der Waals surface area contributed by atoms with E-state index in [1.54, 1.807) is 13.0 Å². The van der Waals surface area contributed by atoms with Crippen molar-refractivity contribution in [2.75, 3.05) is 36.4 Å². The van der Waals surface area contributed by atoms with Gasteiger partial charge in [0.25, 0.3) is 5.69 Å². The number of rotatable bonds is 3. The van der Waals surface area contributed by atoms with E-state index in [1.165, 1.54) is 17.0 Å². The van der Waals surface area contributed by atoms with Gasteiger partial charge in [-0.3, -0.25) is 19.7 Å². The molecular formula is C19H20N4O4. The fourth-order valence-electron chi connectivity index (χ4n) is 3.02. The highest BCUT2D eigenvalue weighted by Crippen LogP contribution is 2.22. The molecule has 1 heterocycles. The summed E-state index contributed by atoms with van der Waals surface area (Å²) in [6, 6.07) is 14.2. The number of benzene rings is 2. The second kappa shape index (κ2) is 7.86. The molecule has 2 amide bonds. The molecule has 0 aromatic heterocycles. The van der Waals surface area contributed by atoms with Crippen LogP contribution >= 0.6 is 0 Å². The lowest BCUT2D eigenvalue weighted by Gasteiger charge is -2.35. The Morgan fingerprint density at radius 1 is 1.04 bits per heavy atom. The molecule has 0 atom stereocenters. The standard InChI is InChI=1S/C19H20N4O4/c1-14-7-8-15(13-17(14)23(26)27)20-18(24)19(25)22-11-9-21(10-12-22)16-5-3-2-4-6-16/h2-8,13H,9-12H2,1H3,(H,20,24). The average molecular weight is 368 g/mol. The summed E-state index contributed by atoms with van der Waals surface area (Å²) in [6.07, 6.45) is 0. The van der Waals surface area contributed by atoms with Crippen LogP contribution in [0.5, 0.6) is 0 Å². The molecule has 0 unspecified atom stereocenters. The molecule has 0 saturated carbocycles. The van der Waals surface area contributed by atoms with E-state index in [9.17, 15) is 19.7 Å². The first-order valence-corrected chi connectivity index (χ1v) is 8.61. The van der Waals surface area contributed by atoms with Crippen LogP contribution in [0.1, 0.15) is 5.56 Å². The Morgan fingerprint density at radius 2 is 1.70 bits per heavy atom. The molecule has 8 nitrogen and oxygen atoms in total. The topological polar surface area (TPSA) is 95.8 Å². The van der Waals surface area contributed by atoms with Gasteiger partial charge in [0.15, 0.2) is 0 Å². The van der Waals surface area contributed by atoms with Gasteiger partial charge in [0.1, 0.15) is 0 Å². The quantitative estimate of drug-likeness (QED) is 0.509. The van der Waals surface area contributed by atoms with Gasteiger partial charge in [-0.2, -0.15) is 0 Å². The third-order valence-corrected chi connectivity index (χ3v) is 4.55. The van der Waals surface area contributed by atoms with Crippen molar-refractivity contribution in [1.29, 1.82) is 0 Å². The Morgan fingerprint density at radius 3 is 2.33 bits per heavy atom. The minimum Gasteiger partial charge on any atom is -0.368 e. The SMILES string of the molecule is Cc1ccc(NC(=O)C(=O)N2CCN(c3ccccc3)CC2)cc1[N+](=O)[O-]. The number of piperazine rings is 1. The summed E-state index contributed by atoms with van der Waals surface area (Å²) in [6.45, 7) is 3.77. The van der Waals surface area contributed by atoms with Crippen LogP contribution in [-0.4, -0.2) is 47.8 Å². The van der Waals surface area contributed by atoms with Gasteiger partial charge < -0.3 is 15.1 Å². The number of nitro groups is 1. The van der Waals surface area contributed by atoms with Crippen molar-refractivity contribution in [3.05, 3.63) is 64.2 Å². The molecular weight excluding hydrogens is 348 g/mol. The van der Waals surface area contributed by atoms with Crippen LogP contribution in [0.25, 0.3) is 0 Å². The molecule has 1 aliphatic heterocycles. The van der Waals surface area contributed by atoms with Crippen LogP contribution in [0, 0.1) is 17.0 Å². The number of amides is 2. The molecule has 0 aliphatic carbocycles. The fraction of sp³-hybridized carbons (Fsp3) is 0.263. The Hall–Kier alpha value is -3.42. The first-order chi connectivity index (χ1) is 13.0. The zero-order valence-electron chi connectivity index (χ0n) is 14.9. The molecule has 1 saturated heterocycles. The normalized spacial score (nSPS) is 14.0. The zero-order chi connectivity index (χ0) is 19.4. The number of carbonyl (C=O) groups excluding carboxylic acids is 2. The number of anilines is 2. The van der Waals surface area contributed by atoms with Gasteiger partial charge in [-0.05, 0) is 25.1 Å². The summed E-state index contributed by atoms with van der Waals surface area (Å²) in [5.74, 6) is -1.42. The molecule has 2 aromatic rings. The van der Waals surface area contributed by atoms with Crippen LogP contribution in [0.15, 0.2) is 48.5 Å². The molecule has 0 radical (unpaired) electrons. The van der Waals surface area contributed by atoms with Crippen molar-refractivity contribution in [3.8, 4) is 0 Å². The maximum atomic E-state index is 12.4. The van der Waals surface area contributed by atoms with E-state index in [1.807, 2.05) is 30.3 Å². The fourth-order valence-corrected chi connectivity index (χ4v) is 3.02. The summed E-state index contributed by atoms with van der Waals surface area (Å²) in [5.41, 5.74) is 1.70. The molecule has 140 valence electrons. The maximum absolute atomic E-state index is 12.4. The van der Waals surface area contributed by atoms with Gasteiger partial charge in [-0.25, -0.2) is 0 Å². The zero-order valence-corrected chi connectivity index (χ0v) is 14.9. The van der Waals surface area contributed by atoms with E-state index in [4.69, 9.17) is 0 Å². The van der Waals surface area contributed by atoms with Crippen molar-refractivity contribution < 1.29 is 14.5 Å². The van der Waals surface area contributed by atoms with Crippen molar-refractivity contribution >= 4 is 28.9 Å². The van der Waals surface area contributed by atoms with Crippen molar-refractivity contribution in [2.24, 2.45) is 0 Å². The van der Waals surface area contributed by atoms with Crippen LogP contribution < -0.4 is 10.2 Å². The number of hydrogen-bond acceptors (Lipinski definition) is 5. The summed E-state index contributed by atoms with van der Waals surface area (Å²) in [4.78, 5) is 38.8. The smallest absolute Gasteiger partial charge is 0.313 e. The summed E-state index contributed by atoms with van der Waals surface area (Å²) < 4.78 is 0. The van der Waals surface area contributed by atoms with E-state index >= 15 is 0 Å². The molecule has 0 spiro atoms. The lowest BCUT2D eigenvalue weighted by Crippen LogP contribution is -2.51. The van der Waals surface area contributed by atoms with Crippen molar-refractivity contribution in [3.63, 3.8) is 0 Å². The maximum Gasteiger partial charge on any atom is 0.313 e. The Balaban J connectivity index is 1.59. The van der Waals surface area contributed by atoms with E-state index in [0.29, 0.717) is 31.7 Å². The molecule has 8 heteroatoms. The summed E-state index contributed by atoms with van der Waals surface area (Å²) in [7, 11) is 0. The second-order valence-corrected chi connectivity index (χ2v) is 6.33. The number of nitrogens with one attached hydrogen (secondary N) is 1. The third kappa shape index (κ3) is 4.22. The number of carbonyl (C=O) groups is 2. The molecule has 0 bridgehead atoms. The number of para-hydroxylation sites is 1. The van der Waals surface area contributed by atoms with Gasteiger partial charge in [0.05, 0.1) is 4.92 Å². The average Bonchev–Trinajstić information content (AvgIpc) is 2.69. The van der Waals surface area contributed by atoms with Gasteiger partial charge in [-0.15, -0.1) is 0 Å². The van der Waals surface area contributed by atoms with Crippen LogP contribution in [0.3, 0.4) is 0 Å². The minimum atomic E-state index is -0.790. The second-order valence-electron chi connectivity index (χ2n) is 6.33. The third-order valence-electron chi connectivity index (χ3n) is 4.55. The number of nitro benzene ring substituents is 1. The number of hydrogen-bond donors (Lipinski definition) is 1. The van der Waals surface area contributed by atoms with E-state index in [0.717, 1.165) is 5.69 Å². The summed E-state index contributed by atoms with van der Waals surface area (Å²) in [5, 5.41) is 13.5. The predicted octanol–water partition coefficient (Wildman–Crippen LogP) is 2.19. The molecule has 3 rings (SSSR count). The highest BCUT2D eigenvalue weighted by Gasteiger charge is 2.26. The predicted molar refractivity (Wildman–Crippen MR) is 102 cm³/mol. The van der Waals surface area contributed by atoms with Gasteiger partial charge in [0.2, 0.25) is 0 Å².